The van der Waals surface area contributed by atoms with Crippen molar-refractivity contribution in [3.05, 3.63) is 59.7 Å². The van der Waals surface area contributed by atoms with Crippen molar-refractivity contribution in [2.75, 3.05) is 6.54 Å². The summed E-state index contributed by atoms with van der Waals surface area (Å²) in [5.41, 5.74) is 3.20. The number of para-hydroxylation sites is 1. The second-order valence-electron chi connectivity index (χ2n) is 4.69. The molecule has 3 aromatic rings. The average molecular weight is 255 g/mol. The molecule has 1 unspecified atom stereocenters. The second-order valence-corrected chi connectivity index (χ2v) is 4.69. The average Bonchev–Trinajstić information content (AvgIpc) is 3.05. The molecule has 2 heterocycles. The lowest BCUT2D eigenvalue weighted by molar-refractivity contribution is 0.471. The molecule has 0 bridgehead atoms. The number of fused-ring (bicyclic) bond motifs is 1. The van der Waals surface area contributed by atoms with Gasteiger partial charge in [-0.2, -0.15) is 0 Å². The molecule has 0 aliphatic rings. The lowest BCUT2D eigenvalue weighted by Gasteiger charge is -2.13. The summed E-state index contributed by atoms with van der Waals surface area (Å²) >= 11 is 0. The van der Waals surface area contributed by atoms with Gasteiger partial charge in [-0.25, -0.2) is 0 Å². The molecule has 3 nitrogen and oxygen atoms in total. The van der Waals surface area contributed by atoms with Gasteiger partial charge in [0.1, 0.15) is 11.3 Å². The molecule has 1 aromatic carbocycles. The summed E-state index contributed by atoms with van der Waals surface area (Å²) in [5.74, 6) is 0.924. The van der Waals surface area contributed by atoms with Crippen molar-refractivity contribution in [2.24, 2.45) is 0 Å². The van der Waals surface area contributed by atoms with Gasteiger partial charge in [-0.3, -0.25) is 0 Å². The van der Waals surface area contributed by atoms with E-state index < -0.39 is 0 Å². The van der Waals surface area contributed by atoms with E-state index in [0.29, 0.717) is 0 Å². The number of nitrogens with one attached hydrogen (secondary N) is 1. The van der Waals surface area contributed by atoms with Crippen LogP contribution >= 0.6 is 0 Å². The zero-order chi connectivity index (χ0) is 13.2. The van der Waals surface area contributed by atoms with Gasteiger partial charge in [0.05, 0.1) is 18.6 Å². The monoisotopic (exact) mass is 255 g/mol. The van der Waals surface area contributed by atoms with Crippen LogP contribution in [0.3, 0.4) is 0 Å². The van der Waals surface area contributed by atoms with Crippen LogP contribution in [-0.2, 0) is 0 Å². The molecule has 2 aromatic heterocycles. The summed E-state index contributed by atoms with van der Waals surface area (Å²) in [4.78, 5) is 0. The first-order valence-electron chi connectivity index (χ1n) is 6.54. The number of benzene rings is 1. The largest absolute Gasteiger partial charge is 0.472 e. The summed E-state index contributed by atoms with van der Waals surface area (Å²) in [5, 5.41) is 4.57. The first kappa shape index (κ1) is 12.1. The van der Waals surface area contributed by atoms with Gasteiger partial charge in [0.2, 0.25) is 0 Å². The standard InChI is InChI=1S/C16H17NO2/c1-3-17-15(13-7-8-18-10-13)14-9-12-6-4-5-11(2)16(12)19-14/h4-10,15,17H,3H2,1-2H3. The number of furan rings is 2. The summed E-state index contributed by atoms with van der Waals surface area (Å²) < 4.78 is 11.2. The van der Waals surface area contributed by atoms with Gasteiger partial charge >= 0.3 is 0 Å². The van der Waals surface area contributed by atoms with Crippen molar-refractivity contribution in [2.45, 2.75) is 19.9 Å². The Morgan fingerprint density at radius 1 is 1.26 bits per heavy atom. The van der Waals surface area contributed by atoms with Crippen LogP contribution in [0.1, 0.15) is 29.9 Å². The fourth-order valence-electron chi connectivity index (χ4n) is 2.40. The molecule has 0 saturated carbocycles. The fourth-order valence-corrected chi connectivity index (χ4v) is 2.40. The Morgan fingerprint density at radius 2 is 2.16 bits per heavy atom. The summed E-state index contributed by atoms with van der Waals surface area (Å²) in [6.45, 7) is 5.02. The minimum atomic E-state index is 0.0375. The Kier molecular flexibility index (Phi) is 3.13. The molecule has 0 amide bonds. The molecule has 98 valence electrons. The molecular weight excluding hydrogens is 238 g/mol. The highest BCUT2D eigenvalue weighted by Gasteiger charge is 2.19. The van der Waals surface area contributed by atoms with Gasteiger partial charge in [0.25, 0.3) is 0 Å². The zero-order valence-electron chi connectivity index (χ0n) is 11.1. The zero-order valence-corrected chi connectivity index (χ0v) is 11.1. The molecule has 0 aliphatic carbocycles. The van der Waals surface area contributed by atoms with Gasteiger partial charge < -0.3 is 14.2 Å². The lowest BCUT2D eigenvalue weighted by atomic mass is 10.1. The van der Waals surface area contributed by atoms with Crippen molar-refractivity contribution in [1.82, 2.24) is 5.32 Å². The minimum Gasteiger partial charge on any atom is -0.472 e. The van der Waals surface area contributed by atoms with E-state index in [1.165, 1.54) is 0 Å². The maximum absolute atomic E-state index is 6.03. The molecule has 0 spiro atoms. The molecule has 3 rings (SSSR count). The highest BCUT2D eigenvalue weighted by atomic mass is 16.3. The molecule has 1 N–H and O–H groups in total. The fraction of sp³-hybridized carbons (Fsp3) is 0.250. The summed E-state index contributed by atoms with van der Waals surface area (Å²) in [7, 11) is 0. The lowest BCUT2D eigenvalue weighted by Crippen LogP contribution is -2.20. The Morgan fingerprint density at radius 3 is 2.84 bits per heavy atom. The predicted molar refractivity (Wildman–Crippen MR) is 75.2 cm³/mol. The molecule has 0 aliphatic heterocycles. The number of rotatable bonds is 4. The molecule has 3 heteroatoms. The quantitative estimate of drug-likeness (QED) is 0.764. The molecule has 1 atom stereocenters. The highest BCUT2D eigenvalue weighted by molar-refractivity contribution is 5.81. The van der Waals surface area contributed by atoms with Crippen LogP contribution < -0.4 is 5.32 Å². The van der Waals surface area contributed by atoms with E-state index in [1.54, 1.807) is 12.5 Å². The Hall–Kier alpha value is -2.00. The van der Waals surface area contributed by atoms with E-state index in [9.17, 15) is 0 Å². The van der Waals surface area contributed by atoms with Crippen molar-refractivity contribution in [3.8, 4) is 0 Å². The van der Waals surface area contributed by atoms with Gasteiger partial charge in [-0.15, -0.1) is 0 Å². The highest BCUT2D eigenvalue weighted by Crippen LogP contribution is 2.30. The van der Waals surface area contributed by atoms with E-state index in [0.717, 1.165) is 34.4 Å². The first-order valence-corrected chi connectivity index (χ1v) is 6.54. The number of hydrogen-bond donors (Lipinski definition) is 1. The Balaban J connectivity index is 2.08. The minimum absolute atomic E-state index is 0.0375. The number of aryl methyl sites for hydroxylation is 1. The predicted octanol–water partition coefficient (Wildman–Crippen LogP) is 4.03. The second kappa shape index (κ2) is 4.94. The van der Waals surface area contributed by atoms with Gasteiger partial charge in [-0.05, 0) is 31.2 Å². The van der Waals surface area contributed by atoms with E-state index in [1.807, 2.05) is 6.07 Å². The summed E-state index contributed by atoms with van der Waals surface area (Å²) in [6.07, 6.45) is 3.45. The van der Waals surface area contributed by atoms with Crippen molar-refractivity contribution in [3.63, 3.8) is 0 Å². The van der Waals surface area contributed by atoms with Crippen LogP contribution in [0.5, 0.6) is 0 Å². The van der Waals surface area contributed by atoms with Crippen molar-refractivity contribution < 1.29 is 8.83 Å². The third kappa shape index (κ3) is 2.17. The van der Waals surface area contributed by atoms with E-state index in [4.69, 9.17) is 8.83 Å². The van der Waals surface area contributed by atoms with Gasteiger partial charge in [0, 0.05) is 10.9 Å². The molecule has 0 saturated heterocycles. The van der Waals surface area contributed by atoms with Crippen LogP contribution in [0, 0.1) is 6.92 Å². The topological polar surface area (TPSA) is 38.3 Å². The first-order chi connectivity index (χ1) is 9.29. The van der Waals surface area contributed by atoms with Crippen LogP contribution in [0.25, 0.3) is 11.0 Å². The maximum Gasteiger partial charge on any atom is 0.137 e. The van der Waals surface area contributed by atoms with E-state index >= 15 is 0 Å². The number of hydrogen-bond acceptors (Lipinski definition) is 3. The van der Waals surface area contributed by atoms with Crippen LogP contribution in [0.4, 0.5) is 0 Å². The smallest absolute Gasteiger partial charge is 0.137 e. The van der Waals surface area contributed by atoms with Crippen LogP contribution in [-0.4, -0.2) is 6.54 Å². The third-order valence-electron chi connectivity index (χ3n) is 3.33. The van der Waals surface area contributed by atoms with Crippen LogP contribution in [0.2, 0.25) is 0 Å². The van der Waals surface area contributed by atoms with Crippen molar-refractivity contribution >= 4 is 11.0 Å². The molecule has 0 fully saturated rings. The molecular formula is C16H17NO2. The Bertz CT molecular complexity index is 667. The van der Waals surface area contributed by atoms with E-state index in [-0.39, 0.29) is 6.04 Å². The van der Waals surface area contributed by atoms with Gasteiger partial charge in [-0.1, -0.05) is 25.1 Å². The summed E-state index contributed by atoms with van der Waals surface area (Å²) in [6, 6.07) is 10.3. The van der Waals surface area contributed by atoms with Crippen LogP contribution in [0.15, 0.2) is 51.7 Å². The molecule has 19 heavy (non-hydrogen) atoms. The van der Waals surface area contributed by atoms with Crippen molar-refractivity contribution in [1.29, 1.82) is 0 Å². The normalized spacial score (nSPS) is 12.9. The Labute approximate surface area is 112 Å². The van der Waals surface area contributed by atoms with Gasteiger partial charge in [0.15, 0.2) is 0 Å². The maximum atomic E-state index is 6.03. The SMILES string of the molecule is CCNC(c1ccoc1)c1cc2cccc(C)c2o1. The van der Waals surface area contributed by atoms with E-state index in [2.05, 4.69) is 43.4 Å². The molecule has 0 radical (unpaired) electrons. The third-order valence-corrected chi connectivity index (χ3v) is 3.33.